The van der Waals surface area contributed by atoms with Gasteiger partial charge >= 0.3 is 7.12 Å². The third-order valence-electron chi connectivity index (χ3n) is 2.71. The molecule has 1 heterocycles. The number of hydrogen-bond acceptors (Lipinski definition) is 5. The second-order valence-corrected chi connectivity index (χ2v) is 3.92. The van der Waals surface area contributed by atoms with E-state index in [2.05, 4.69) is 5.32 Å². The Kier molecular flexibility index (Phi) is 3.91. The minimum atomic E-state index is -1.51. The van der Waals surface area contributed by atoms with Gasteiger partial charge in [-0.1, -0.05) is 24.3 Å². The molecule has 1 atom stereocenters. The number of benzene rings is 1. The summed E-state index contributed by atoms with van der Waals surface area (Å²) >= 11 is 0. The van der Waals surface area contributed by atoms with Gasteiger partial charge in [-0.3, -0.25) is 4.79 Å². The van der Waals surface area contributed by atoms with Crippen molar-refractivity contribution in [3.8, 4) is 0 Å². The van der Waals surface area contributed by atoms with Gasteiger partial charge in [-0.2, -0.15) is 0 Å². The average Bonchev–Trinajstić information content (AvgIpc) is 2.39. The quantitative estimate of drug-likeness (QED) is 0.440. The molecule has 0 amide bonds. The third-order valence-corrected chi connectivity index (χ3v) is 2.71. The number of carbonyl (C=O) groups excluding carboxylic acids is 1. The van der Waals surface area contributed by atoms with Gasteiger partial charge in [0.15, 0.2) is 5.78 Å². The molecular formula is C11H14BNO4. The minimum absolute atomic E-state index is 0.0869. The number of hydrogen-bond donors (Lipinski definition) is 3. The van der Waals surface area contributed by atoms with Gasteiger partial charge in [0, 0.05) is 18.7 Å². The van der Waals surface area contributed by atoms with Crippen molar-refractivity contribution in [1.29, 1.82) is 0 Å². The lowest BCUT2D eigenvalue weighted by molar-refractivity contribution is 0.0269. The molecule has 0 spiro atoms. The molecule has 6 heteroatoms. The standard InChI is InChI=1S/C11H14BNO4/c14-11(10-7-13-5-6-17-10)8-1-3-9(4-2-8)12(15)16/h1-4,10,13,15-16H,5-7H2. The number of rotatable bonds is 3. The molecule has 17 heavy (non-hydrogen) atoms. The van der Waals surface area contributed by atoms with Crippen LogP contribution in [0.1, 0.15) is 10.4 Å². The van der Waals surface area contributed by atoms with Crippen LogP contribution in [-0.4, -0.2) is 48.8 Å². The second kappa shape index (κ2) is 5.42. The number of carbonyl (C=O) groups is 1. The summed E-state index contributed by atoms with van der Waals surface area (Å²) in [5.41, 5.74) is 0.882. The summed E-state index contributed by atoms with van der Waals surface area (Å²) < 4.78 is 5.36. The summed E-state index contributed by atoms with van der Waals surface area (Å²) in [6, 6.07) is 6.20. The van der Waals surface area contributed by atoms with Gasteiger partial charge in [-0.15, -0.1) is 0 Å². The van der Waals surface area contributed by atoms with Gasteiger partial charge in [0.05, 0.1) is 6.61 Å². The molecular weight excluding hydrogens is 221 g/mol. The zero-order chi connectivity index (χ0) is 12.3. The summed E-state index contributed by atoms with van der Waals surface area (Å²) in [7, 11) is -1.51. The average molecular weight is 235 g/mol. The lowest BCUT2D eigenvalue weighted by Gasteiger charge is -2.22. The van der Waals surface area contributed by atoms with Gasteiger partial charge in [-0.25, -0.2) is 0 Å². The Bertz CT molecular complexity index is 387. The van der Waals surface area contributed by atoms with Crippen molar-refractivity contribution in [3.63, 3.8) is 0 Å². The van der Waals surface area contributed by atoms with E-state index in [1.807, 2.05) is 0 Å². The van der Waals surface area contributed by atoms with Crippen molar-refractivity contribution >= 4 is 18.4 Å². The van der Waals surface area contributed by atoms with Gasteiger partial charge in [-0.05, 0) is 5.46 Å². The molecule has 1 fully saturated rings. The Morgan fingerprint density at radius 3 is 2.59 bits per heavy atom. The van der Waals surface area contributed by atoms with Crippen LogP contribution in [0.2, 0.25) is 0 Å². The van der Waals surface area contributed by atoms with Crippen molar-refractivity contribution in [2.75, 3.05) is 19.7 Å². The maximum Gasteiger partial charge on any atom is 0.488 e. The SMILES string of the molecule is O=C(c1ccc(B(O)O)cc1)C1CNCCO1. The Balaban J connectivity index is 2.08. The molecule has 5 nitrogen and oxygen atoms in total. The van der Waals surface area contributed by atoms with Crippen LogP contribution >= 0.6 is 0 Å². The molecule has 0 aromatic heterocycles. The Morgan fingerprint density at radius 2 is 2.06 bits per heavy atom. The molecule has 0 saturated carbocycles. The van der Waals surface area contributed by atoms with Crippen LogP contribution in [0.3, 0.4) is 0 Å². The van der Waals surface area contributed by atoms with E-state index in [1.165, 1.54) is 12.1 Å². The van der Waals surface area contributed by atoms with E-state index in [1.54, 1.807) is 12.1 Å². The van der Waals surface area contributed by atoms with E-state index in [0.29, 0.717) is 24.2 Å². The first-order valence-corrected chi connectivity index (χ1v) is 5.51. The predicted octanol–water partition coefficient (Wildman–Crippen LogP) is -1.46. The Morgan fingerprint density at radius 1 is 1.35 bits per heavy atom. The van der Waals surface area contributed by atoms with E-state index < -0.39 is 13.2 Å². The van der Waals surface area contributed by atoms with E-state index in [9.17, 15) is 4.79 Å². The molecule has 0 aliphatic carbocycles. The zero-order valence-electron chi connectivity index (χ0n) is 9.30. The molecule has 3 N–H and O–H groups in total. The first kappa shape index (κ1) is 12.3. The molecule has 90 valence electrons. The van der Waals surface area contributed by atoms with Crippen molar-refractivity contribution < 1.29 is 19.6 Å². The van der Waals surface area contributed by atoms with Crippen LogP contribution in [0.4, 0.5) is 0 Å². The van der Waals surface area contributed by atoms with Gasteiger partial charge < -0.3 is 20.1 Å². The molecule has 1 aliphatic heterocycles. The van der Waals surface area contributed by atoms with E-state index >= 15 is 0 Å². The van der Waals surface area contributed by atoms with E-state index in [0.717, 1.165) is 6.54 Å². The van der Waals surface area contributed by atoms with Crippen LogP contribution < -0.4 is 10.8 Å². The number of morpholine rings is 1. The summed E-state index contributed by atoms with van der Waals surface area (Å²) in [5.74, 6) is -0.0869. The number of Topliss-reactive ketones (excluding diaryl/α,β-unsaturated/α-hetero) is 1. The van der Waals surface area contributed by atoms with E-state index in [4.69, 9.17) is 14.8 Å². The molecule has 0 radical (unpaired) electrons. The van der Waals surface area contributed by atoms with Gasteiger partial charge in [0.1, 0.15) is 6.10 Å². The minimum Gasteiger partial charge on any atom is -0.423 e. The maximum atomic E-state index is 12.0. The highest BCUT2D eigenvalue weighted by molar-refractivity contribution is 6.58. The predicted molar refractivity (Wildman–Crippen MR) is 63.2 cm³/mol. The van der Waals surface area contributed by atoms with Crippen molar-refractivity contribution in [1.82, 2.24) is 5.32 Å². The highest BCUT2D eigenvalue weighted by Crippen LogP contribution is 2.07. The lowest BCUT2D eigenvalue weighted by atomic mass is 9.80. The summed E-state index contributed by atoms with van der Waals surface area (Å²) in [5, 5.41) is 21.0. The Hall–Kier alpha value is -1.21. The summed E-state index contributed by atoms with van der Waals surface area (Å²) in [4.78, 5) is 12.0. The Labute approximate surface area is 99.6 Å². The first-order chi connectivity index (χ1) is 8.18. The fraction of sp³-hybridized carbons (Fsp3) is 0.364. The monoisotopic (exact) mass is 235 g/mol. The van der Waals surface area contributed by atoms with Crippen molar-refractivity contribution in [2.24, 2.45) is 0 Å². The smallest absolute Gasteiger partial charge is 0.423 e. The fourth-order valence-corrected chi connectivity index (χ4v) is 1.74. The van der Waals surface area contributed by atoms with Crippen LogP contribution in [0.5, 0.6) is 0 Å². The fourth-order valence-electron chi connectivity index (χ4n) is 1.74. The van der Waals surface area contributed by atoms with Crippen LogP contribution in [0, 0.1) is 0 Å². The van der Waals surface area contributed by atoms with Gasteiger partial charge in [0.2, 0.25) is 0 Å². The molecule has 1 saturated heterocycles. The lowest BCUT2D eigenvalue weighted by Crippen LogP contribution is -2.43. The summed E-state index contributed by atoms with van der Waals surface area (Å²) in [6.45, 7) is 1.81. The molecule has 1 unspecified atom stereocenters. The van der Waals surface area contributed by atoms with E-state index in [-0.39, 0.29) is 5.78 Å². The zero-order valence-corrected chi connectivity index (χ0v) is 9.30. The van der Waals surface area contributed by atoms with Crippen molar-refractivity contribution in [3.05, 3.63) is 29.8 Å². The summed E-state index contributed by atoms with van der Waals surface area (Å²) in [6.07, 6.45) is -0.450. The third kappa shape index (κ3) is 2.92. The normalized spacial score (nSPS) is 20.0. The van der Waals surface area contributed by atoms with Crippen LogP contribution in [-0.2, 0) is 4.74 Å². The maximum absolute atomic E-state index is 12.0. The number of nitrogens with one attached hydrogen (secondary N) is 1. The second-order valence-electron chi connectivity index (χ2n) is 3.92. The molecule has 1 aromatic carbocycles. The highest BCUT2D eigenvalue weighted by atomic mass is 16.5. The molecule has 1 aliphatic rings. The number of ketones is 1. The highest BCUT2D eigenvalue weighted by Gasteiger charge is 2.23. The first-order valence-electron chi connectivity index (χ1n) is 5.51. The largest absolute Gasteiger partial charge is 0.488 e. The molecule has 0 bridgehead atoms. The van der Waals surface area contributed by atoms with Crippen LogP contribution in [0.25, 0.3) is 0 Å². The van der Waals surface area contributed by atoms with Gasteiger partial charge in [0.25, 0.3) is 0 Å². The van der Waals surface area contributed by atoms with Crippen molar-refractivity contribution in [2.45, 2.75) is 6.10 Å². The van der Waals surface area contributed by atoms with Crippen LogP contribution in [0.15, 0.2) is 24.3 Å². The number of ether oxygens (including phenoxy) is 1. The topological polar surface area (TPSA) is 78.8 Å². The molecule has 1 aromatic rings. The molecule has 2 rings (SSSR count).